The predicted octanol–water partition coefficient (Wildman–Crippen LogP) is 3.27. The molecule has 0 bridgehead atoms. The van der Waals surface area contributed by atoms with Gasteiger partial charge in [-0.2, -0.15) is 0 Å². The molecule has 1 N–H and O–H groups in total. The summed E-state index contributed by atoms with van der Waals surface area (Å²) in [4.78, 5) is 2.44. The number of anilines is 2. The van der Waals surface area contributed by atoms with E-state index >= 15 is 0 Å². The van der Waals surface area contributed by atoms with Crippen molar-refractivity contribution >= 4 is 11.4 Å². The average Bonchev–Trinajstić information content (AvgIpc) is 2.54. The van der Waals surface area contributed by atoms with Gasteiger partial charge in [0.25, 0.3) is 0 Å². The predicted molar refractivity (Wildman–Crippen MR) is 81.5 cm³/mol. The standard InChI is InChI=1S/C17H18N2O/c1-3-9-15-13(6-1)7-5-11-19(15)17-12-20-16-10-4-2-8-14(16)18-17/h1-4,6,8-10,17-18H,5,7,11-12H2. The lowest BCUT2D eigenvalue weighted by Gasteiger charge is -2.40. The molecule has 2 aromatic carbocycles. The van der Waals surface area contributed by atoms with E-state index in [4.69, 9.17) is 4.74 Å². The lowest BCUT2D eigenvalue weighted by molar-refractivity contribution is 0.278. The van der Waals surface area contributed by atoms with Crippen LogP contribution in [0.2, 0.25) is 0 Å². The summed E-state index contributed by atoms with van der Waals surface area (Å²) in [7, 11) is 0. The fourth-order valence-electron chi connectivity index (χ4n) is 3.16. The SMILES string of the molecule is c1ccc2c(c1)CCCN2C1COc2ccccc2N1. The highest BCUT2D eigenvalue weighted by atomic mass is 16.5. The third-order valence-corrected chi connectivity index (χ3v) is 4.13. The Morgan fingerprint density at radius 1 is 1.05 bits per heavy atom. The van der Waals surface area contributed by atoms with E-state index in [-0.39, 0.29) is 6.17 Å². The van der Waals surface area contributed by atoms with Crippen molar-refractivity contribution in [1.29, 1.82) is 0 Å². The third-order valence-electron chi connectivity index (χ3n) is 4.13. The molecule has 0 spiro atoms. The van der Waals surface area contributed by atoms with Gasteiger partial charge in [-0.1, -0.05) is 30.3 Å². The maximum atomic E-state index is 5.90. The van der Waals surface area contributed by atoms with Crippen molar-refractivity contribution in [3.63, 3.8) is 0 Å². The molecule has 3 heteroatoms. The van der Waals surface area contributed by atoms with E-state index in [2.05, 4.69) is 40.5 Å². The Morgan fingerprint density at radius 2 is 1.90 bits per heavy atom. The summed E-state index contributed by atoms with van der Waals surface area (Å²) in [5.74, 6) is 0.953. The molecule has 2 aliphatic rings. The Balaban J connectivity index is 1.64. The van der Waals surface area contributed by atoms with E-state index in [9.17, 15) is 0 Å². The van der Waals surface area contributed by atoms with Gasteiger partial charge in [-0.15, -0.1) is 0 Å². The molecule has 2 heterocycles. The molecule has 0 aromatic heterocycles. The average molecular weight is 266 g/mol. The minimum Gasteiger partial charge on any atom is -0.487 e. The van der Waals surface area contributed by atoms with Crippen LogP contribution in [0, 0.1) is 0 Å². The van der Waals surface area contributed by atoms with Gasteiger partial charge in [0.05, 0.1) is 5.69 Å². The number of aryl methyl sites for hydroxylation is 1. The Labute approximate surface area is 119 Å². The van der Waals surface area contributed by atoms with Crippen LogP contribution in [-0.4, -0.2) is 19.3 Å². The van der Waals surface area contributed by atoms with Crippen molar-refractivity contribution in [2.75, 3.05) is 23.4 Å². The molecule has 0 radical (unpaired) electrons. The van der Waals surface area contributed by atoms with Gasteiger partial charge >= 0.3 is 0 Å². The summed E-state index contributed by atoms with van der Waals surface area (Å²) in [5, 5.41) is 3.61. The summed E-state index contributed by atoms with van der Waals surface area (Å²) in [6.07, 6.45) is 2.60. The zero-order valence-corrected chi connectivity index (χ0v) is 11.4. The Hall–Kier alpha value is -2.16. The third kappa shape index (κ3) is 1.90. The Bertz CT molecular complexity index is 626. The van der Waals surface area contributed by atoms with E-state index in [1.165, 1.54) is 24.1 Å². The van der Waals surface area contributed by atoms with E-state index in [1.807, 2.05) is 18.2 Å². The van der Waals surface area contributed by atoms with E-state index in [0.717, 1.165) is 18.0 Å². The van der Waals surface area contributed by atoms with Crippen molar-refractivity contribution in [3.8, 4) is 5.75 Å². The number of rotatable bonds is 1. The van der Waals surface area contributed by atoms with Crippen molar-refractivity contribution in [1.82, 2.24) is 0 Å². The van der Waals surface area contributed by atoms with Crippen LogP contribution < -0.4 is 15.0 Å². The number of benzene rings is 2. The van der Waals surface area contributed by atoms with Crippen LogP contribution in [0.3, 0.4) is 0 Å². The number of nitrogens with one attached hydrogen (secondary N) is 1. The van der Waals surface area contributed by atoms with Gasteiger partial charge in [0.15, 0.2) is 0 Å². The van der Waals surface area contributed by atoms with Crippen molar-refractivity contribution < 1.29 is 4.74 Å². The zero-order chi connectivity index (χ0) is 13.4. The maximum absolute atomic E-state index is 5.90. The maximum Gasteiger partial charge on any atom is 0.142 e. The Morgan fingerprint density at radius 3 is 2.90 bits per heavy atom. The van der Waals surface area contributed by atoms with Crippen LogP contribution in [0.4, 0.5) is 11.4 Å². The first-order valence-electron chi connectivity index (χ1n) is 7.25. The number of para-hydroxylation sites is 3. The van der Waals surface area contributed by atoms with E-state index < -0.39 is 0 Å². The molecule has 0 aliphatic carbocycles. The smallest absolute Gasteiger partial charge is 0.142 e. The fourth-order valence-corrected chi connectivity index (χ4v) is 3.16. The summed E-state index contributed by atoms with van der Waals surface area (Å²) in [6.45, 7) is 1.77. The van der Waals surface area contributed by atoms with Crippen LogP contribution in [0.1, 0.15) is 12.0 Å². The second-order valence-corrected chi connectivity index (χ2v) is 5.39. The van der Waals surface area contributed by atoms with E-state index in [1.54, 1.807) is 0 Å². The molecule has 0 saturated carbocycles. The van der Waals surface area contributed by atoms with Gasteiger partial charge in [0.2, 0.25) is 0 Å². The van der Waals surface area contributed by atoms with Gasteiger partial charge in [-0.3, -0.25) is 0 Å². The van der Waals surface area contributed by atoms with E-state index in [0.29, 0.717) is 6.61 Å². The minimum absolute atomic E-state index is 0.214. The summed E-state index contributed by atoms with van der Waals surface area (Å²) in [5.41, 5.74) is 3.88. The minimum atomic E-state index is 0.214. The summed E-state index contributed by atoms with van der Waals surface area (Å²) >= 11 is 0. The summed E-state index contributed by atoms with van der Waals surface area (Å²) in [6, 6.07) is 16.9. The van der Waals surface area contributed by atoms with Gasteiger partial charge in [0.1, 0.15) is 18.5 Å². The van der Waals surface area contributed by atoms with Crippen molar-refractivity contribution in [2.24, 2.45) is 0 Å². The van der Waals surface area contributed by atoms with Crippen LogP contribution >= 0.6 is 0 Å². The first kappa shape index (κ1) is 11.6. The number of ether oxygens (including phenoxy) is 1. The van der Waals surface area contributed by atoms with Gasteiger partial charge in [-0.25, -0.2) is 0 Å². The molecule has 2 aromatic rings. The van der Waals surface area contributed by atoms with Gasteiger partial charge in [0, 0.05) is 12.2 Å². The zero-order valence-electron chi connectivity index (χ0n) is 11.4. The molecule has 0 saturated heterocycles. The molecule has 1 atom stereocenters. The van der Waals surface area contributed by atoms with Crippen molar-refractivity contribution in [2.45, 2.75) is 19.0 Å². The number of hydrogen-bond acceptors (Lipinski definition) is 3. The fraction of sp³-hybridized carbons (Fsp3) is 0.294. The monoisotopic (exact) mass is 266 g/mol. The summed E-state index contributed by atoms with van der Waals surface area (Å²) < 4.78 is 5.90. The molecular weight excluding hydrogens is 248 g/mol. The second-order valence-electron chi connectivity index (χ2n) is 5.39. The number of fused-ring (bicyclic) bond motifs is 2. The highest BCUT2D eigenvalue weighted by molar-refractivity contribution is 5.62. The van der Waals surface area contributed by atoms with Crippen molar-refractivity contribution in [3.05, 3.63) is 54.1 Å². The number of hydrogen-bond donors (Lipinski definition) is 1. The number of nitrogens with zero attached hydrogens (tertiary/aromatic N) is 1. The van der Waals surface area contributed by atoms with Crippen LogP contribution in [-0.2, 0) is 6.42 Å². The van der Waals surface area contributed by atoms with Gasteiger partial charge in [-0.05, 0) is 36.6 Å². The van der Waals surface area contributed by atoms with Crippen LogP contribution in [0.5, 0.6) is 5.75 Å². The normalized spacial score (nSPS) is 20.4. The quantitative estimate of drug-likeness (QED) is 0.857. The molecule has 0 fully saturated rings. The molecule has 3 nitrogen and oxygen atoms in total. The molecule has 1 unspecified atom stereocenters. The largest absolute Gasteiger partial charge is 0.487 e. The van der Waals surface area contributed by atoms with Crippen LogP contribution in [0.25, 0.3) is 0 Å². The molecule has 2 aliphatic heterocycles. The first-order chi connectivity index (χ1) is 9.92. The first-order valence-corrected chi connectivity index (χ1v) is 7.25. The van der Waals surface area contributed by atoms with Gasteiger partial charge < -0.3 is 15.0 Å². The Kier molecular flexibility index (Phi) is 2.76. The molecule has 102 valence electrons. The molecule has 4 rings (SSSR count). The molecular formula is C17H18N2O. The molecule has 0 amide bonds. The van der Waals surface area contributed by atoms with Crippen LogP contribution in [0.15, 0.2) is 48.5 Å². The highest BCUT2D eigenvalue weighted by Crippen LogP contribution is 2.33. The second kappa shape index (κ2) is 4.75. The topological polar surface area (TPSA) is 24.5 Å². The lowest BCUT2D eigenvalue weighted by Crippen LogP contribution is -2.49. The highest BCUT2D eigenvalue weighted by Gasteiger charge is 2.27. The molecule has 20 heavy (non-hydrogen) atoms. The lowest BCUT2D eigenvalue weighted by atomic mass is 10.0.